The maximum atomic E-state index is 14.4. The third-order valence-corrected chi connectivity index (χ3v) is 8.58. The monoisotopic (exact) mass is 617 g/mol. The lowest BCUT2D eigenvalue weighted by Gasteiger charge is -2.11. The minimum atomic E-state index is -3.80. The van der Waals surface area contributed by atoms with E-state index in [0.29, 0.717) is 30.8 Å². The summed E-state index contributed by atoms with van der Waals surface area (Å²) in [7, 11) is -3.80. The molecule has 9 nitrogen and oxygen atoms in total. The summed E-state index contributed by atoms with van der Waals surface area (Å²) in [6, 6.07) is 0. The zero-order valence-electron chi connectivity index (χ0n) is 24.7. The van der Waals surface area contributed by atoms with Gasteiger partial charge in [-0.1, -0.05) is 108 Å². The minimum Gasteiger partial charge on any atom is -0.381 e. The van der Waals surface area contributed by atoms with Gasteiger partial charge in [-0.3, -0.25) is 4.57 Å². The number of halogens is 2. The Morgan fingerprint density at radius 3 is 2.20 bits per heavy atom. The fourth-order valence-corrected chi connectivity index (χ4v) is 5.81. The van der Waals surface area contributed by atoms with Crippen molar-refractivity contribution in [2.75, 3.05) is 31.7 Å². The van der Waals surface area contributed by atoms with Gasteiger partial charge >= 0.3 is 7.60 Å². The van der Waals surface area contributed by atoms with E-state index in [-0.39, 0.29) is 36.8 Å². The van der Waals surface area contributed by atoms with E-state index in [1.54, 1.807) is 0 Å². The predicted octanol–water partition coefficient (Wildman–Crippen LogP) is 8.40. The van der Waals surface area contributed by atoms with E-state index in [4.69, 9.17) is 26.6 Å². The van der Waals surface area contributed by atoms with Crippen molar-refractivity contribution in [3.8, 4) is 0 Å². The minimum absolute atomic E-state index is 0.0350. The summed E-state index contributed by atoms with van der Waals surface area (Å²) >= 11 is 5.98. The highest BCUT2D eigenvalue weighted by Gasteiger charge is 2.18. The standard InChI is InChI=1S/C29H50ClFN5O4P/c1-2-3-4-5-6-7-8-9-10-11-12-13-14-15-19-39-20-17-21-40-41(37,38)22-16-18-25(31)23-36-24-33-26-27(30)34-29(32)35-28(26)36/h18,24H,2-17,19-23H2,1H3,(H,37,38)(H2,32,34,35)/b25-18+. The van der Waals surface area contributed by atoms with Crippen LogP contribution in [0.15, 0.2) is 18.2 Å². The molecule has 0 saturated carbocycles. The number of anilines is 1. The lowest BCUT2D eigenvalue weighted by atomic mass is 10.0. The number of unbranched alkanes of at least 4 members (excludes halogenated alkanes) is 13. The fourth-order valence-electron chi connectivity index (χ4n) is 4.59. The van der Waals surface area contributed by atoms with Crippen LogP contribution in [0.4, 0.5) is 10.3 Å². The molecule has 0 aliphatic rings. The average molecular weight is 618 g/mol. The van der Waals surface area contributed by atoms with Crippen LogP contribution < -0.4 is 5.73 Å². The number of aromatic nitrogens is 4. The second kappa shape index (κ2) is 21.2. The van der Waals surface area contributed by atoms with Gasteiger partial charge in [0.25, 0.3) is 0 Å². The molecule has 234 valence electrons. The van der Waals surface area contributed by atoms with Gasteiger partial charge in [-0.25, -0.2) is 9.37 Å². The first-order valence-corrected chi connectivity index (χ1v) is 17.5. The zero-order valence-corrected chi connectivity index (χ0v) is 26.4. The Balaban J connectivity index is 1.42. The van der Waals surface area contributed by atoms with Crippen molar-refractivity contribution >= 4 is 36.3 Å². The summed E-state index contributed by atoms with van der Waals surface area (Å²) in [5.41, 5.74) is 6.24. The Hall–Kier alpha value is -1.58. The van der Waals surface area contributed by atoms with E-state index in [9.17, 15) is 13.8 Å². The second-order valence-electron chi connectivity index (χ2n) is 10.6. The number of hydrogen-bond donors (Lipinski definition) is 2. The Bertz CT molecular complexity index is 1070. The summed E-state index contributed by atoms with van der Waals surface area (Å²) in [5, 5.41) is 0.0919. The van der Waals surface area contributed by atoms with E-state index in [1.165, 1.54) is 100 Å². The number of imidazole rings is 1. The Kier molecular flexibility index (Phi) is 18.4. The summed E-state index contributed by atoms with van der Waals surface area (Å²) in [5.74, 6) is -0.540. The maximum Gasteiger partial charge on any atom is 0.328 e. The van der Waals surface area contributed by atoms with Gasteiger partial charge in [-0.15, -0.1) is 0 Å². The predicted molar refractivity (Wildman–Crippen MR) is 165 cm³/mol. The molecule has 2 aromatic heterocycles. The molecule has 0 amide bonds. The molecule has 0 saturated heterocycles. The quantitative estimate of drug-likeness (QED) is 0.0646. The molecular weight excluding hydrogens is 568 g/mol. The topological polar surface area (TPSA) is 125 Å². The van der Waals surface area contributed by atoms with E-state index < -0.39 is 13.4 Å². The fraction of sp³-hybridized carbons (Fsp3) is 0.759. The summed E-state index contributed by atoms with van der Waals surface area (Å²) in [6.07, 6.45) is 21.6. The SMILES string of the molecule is CCCCCCCCCCCCCCCCOCCCOP(=O)(O)CC/C=C(/F)Cn1cnc2c(Cl)nc(N)nc21. The van der Waals surface area contributed by atoms with Crippen molar-refractivity contribution in [3.05, 3.63) is 23.4 Å². The van der Waals surface area contributed by atoms with Gasteiger partial charge in [0.15, 0.2) is 10.8 Å². The number of rotatable bonds is 25. The van der Waals surface area contributed by atoms with E-state index in [1.807, 2.05) is 0 Å². The molecule has 2 heterocycles. The molecule has 0 fully saturated rings. The molecule has 0 aromatic carbocycles. The van der Waals surface area contributed by atoms with Crippen molar-refractivity contribution in [1.82, 2.24) is 19.5 Å². The maximum absolute atomic E-state index is 14.4. The van der Waals surface area contributed by atoms with E-state index in [2.05, 4.69) is 21.9 Å². The number of hydrogen-bond acceptors (Lipinski definition) is 7. The highest BCUT2D eigenvalue weighted by atomic mass is 35.5. The van der Waals surface area contributed by atoms with Crippen molar-refractivity contribution in [3.63, 3.8) is 0 Å². The first kappa shape index (κ1) is 35.6. The summed E-state index contributed by atoms with van der Waals surface area (Å²) in [6.45, 7) is 3.43. The number of nitrogen functional groups attached to an aromatic ring is 1. The lowest BCUT2D eigenvalue weighted by molar-refractivity contribution is 0.113. The number of allylic oxidation sites excluding steroid dienone is 2. The van der Waals surface area contributed by atoms with Crippen LogP contribution in [0.1, 0.15) is 110 Å². The number of fused-ring (bicyclic) bond motifs is 1. The molecular formula is C29H50ClFN5O4P. The first-order chi connectivity index (χ1) is 19.8. The summed E-state index contributed by atoms with van der Waals surface area (Å²) in [4.78, 5) is 21.9. The average Bonchev–Trinajstić information content (AvgIpc) is 3.32. The molecule has 0 aliphatic heterocycles. The molecule has 2 rings (SSSR count). The molecule has 1 unspecified atom stereocenters. The molecule has 1 atom stereocenters. The van der Waals surface area contributed by atoms with Gasteiger partial charge in [0, 0.05) is 13.2 Å². The van der Waals surface area contributed by atoms with Crippen molar-refractivity contribution in [2.24, 2.45) is 0 Å². The molecule has 3 N–H and O–H groups in total. The first-order valence-electron chi connectivity index (χ1n) is 15.3. The highest BCUT2D eigenvalue weighted by molar-refractivity contribution is 7.52. The van der Waals surface area contributed by atoms with Crippen LogP contribution in [0.2, 0.25) is 5.15 Å². The van der Waals surface area contributed by atoms with Gasteiger partial charge in [-0.05, 0) is 19.3 Å². The van der Waals surface area contributed by atoms with Gasteiger partial charge in [0.1, 0.15) is 11.3 Å². The molecule has 0 spiro atoms. The molecule has 12 heteroatoms. The van der Waals surface area contributed by atoms with Gasteiger partial charge in [-0.2, -0.15) is 9.97 Å². The molecule has 0 bridgehead atoms. The van der Waals surface area contributed by atoms with Gasteiger partial charge in [0.2, 0.25) is 5.95 Å². The lowest BCUT2D eigenvalue weighted by Crippen LogP contribution is -2.03. The summed E-state index contributed by atoms with van der Waals surface area (Å²) < 4.78 is 38.8. The van der Waals surface area contributed by atoms with Crippen LogP contribution in [0.5, 0.6) is 0 Å². The van der Waals surface area contributed by atoms with Crippen molar-refractivity contribution in [1.29, 1.82) is 0 Å². The van der Waals surface area contributed by atoms with Crippen LogP contribution in [-0.4, -0.2) is 50.4 Å². The number of ether oxygens (including phenoxy) is 1. The smallest absolute Gasteiger partial charge is 0.328 e. The van der Waals surface area contributed by atoms with Crippen LogP contribution >= 0.6 is 19.2 Å². The second-order valence-corrected chi connectivity index (χ2v) is 13.0. The Labute approximate surface area is 250 Å². The third-order valence-electron chi connectivity index (χ3n) is 6.91. The molecule has 41 heavy (non-hydrogen) atoms. The highest BCUT2D eigenvalue weighted by Crippen LogP contribution is 2.42. The zero-order chi connectivity index (χ0) is 29.8. The van der Waals surface area contributed by atoms with E-state index in [0.717, 1.165) is 6.42 Å². The van der Waals surface area contributed by atoms with Gasteiger partial charge in [0.05, 0.1) is 25.6 Å². The van der Waals surface area contributed by atoms with Crippen LogP contribution in [0.25, 0.3) is 11.2 Å². The molecule has 2 aromatic rings. The van der Waals surface area contributed by atoms with Crippen LogP contribution in [0.3, 0.4) is 0 Å². The number of nitrogens with two attached hydrogens (primary N) is 1. The Morgan fingerprint density at radius 1 is 0.976 bits per heavy atom. The van der Waals surface area contributed by atoms with Crippen LogP contribution in [0, 0.1) is 0 Å². The van der Waals surface area contributed by atoms with E-state index >= 15 is 0 Å². The van der Waals surface area contributed by atoms with Crippen molar-refractivity contribution < 1.29 is 23.1 Å². The number of nitrogens with zero attached hydrogens (tertiary/aromatic N) is 4. The third kappa shape index (κ3) is 16.0. The Morgan fingerprint density at radius 2 is 1.56 bits per heavy atom. The molecule has 0 radical (unpaired) electrons. The van der Waals surface area contributed by atoms with Gasteiger partial charge < -0.3 is 24.5 Å². The van der Waals surface area contributed by atoms with Crippen LogP contribution in [-0.2, 0) is 20.4 Å². The largest absolute Gasteiger partial charge is 0.381 e. The van der Waals surface area contributed by atoms with Crippen molar-refractivity contribution in [2.45, 2.75) is 116 Å². The normalized spacial score (nSPS) is 13.7. The molecule has 0 aliphatic carbocycles.